The molecule has 3 nitrogen and oxygen atoms in total. The lowest BCUT2D eigenvalue weighted by molar-refractivity contribution is 0.357. The predicted molar refractivity (Wildman–Crippen MR) is 60.5 cm³/mol. The molecule has 0 amide bonds. The quantitative estimate of drug-likeness (QED) is 0.790. The third-order valence-electron chi connectivity index (χ3n) is 2.76. The number of benzene rings is 1. The van der Waals surface area contributed by atoms with Gasteiger partial charge in [-0.15, -0.1) is 0 Å². The molecular formula is C13H11NO2. The fraction of sp³-hybridized carbons (Fsp3) is 0.154. The van der Waals surface area contributed by atoms with Crippen LogP contribution in [0.15, 0.2) is 36.5 Å². The van der Waals surface area contributed by atoms with E-state index in [0.29, 0.717) is 12.3 Å². The van der Waals surface area contributed by atoms with Crippen molar-refractivity contribution < 1.29 is 9.84 Å². The van der Waals surface area contributed by atoms with Crippen molar-refractivity contribution in [2.24, 2.45) is 0 Å². The Labute approximate surface area is 93.3 Å². The Hall–Kier alpha value is -2.03. The summed E-state index contributed by atoms with van der Waals surface area (Å²) >= 11 is 0. The van der Waals surface area contributed by atoms with Crippen molar-refractivity contribution in [3.8, 4) is 22.8 Å². The van der Waals surface area contributed by atoms with E-state index in [4.69, 9.17) is 4.74 Å². The molecule has 1 N–H and O–H groups in total. The van der Waals surface area contributed by atoms with Gasteiger partial charge < -0.3 is 9.84 Å². The predicted octanol–water partition coefficient (Wildman–Crippen LogP) is 2.39. The molecule has 0 bridgehead atoms. The maximum absolute atomic E-state index is 9.78. The molecule has 0 fully saturated rings. The fourth-order valence-corrected chi connectivity index (χ4v) is 2.01. The van der Waals surface area contributed by atoms with Crippen molar-refractivity contribution in [2.45, 2.75) is 6.42 Å². The number of fused-ring (bicyclic) bond motifs is 1. The first-order chi connectivity index (χ1) is 7.86. The van der Waals surface area contributed by atoms with Crippen LogP contribution in [0.1, 0.15) is 5.56 Å². The van der Waals surface area contributed by atoms with Crippen molar-refractivity contribution in [3.63, 3.8) is 0 Å². The molecule has 1 aromatic carbocycles. The normalized spacial score (nSPS) is 13.2. The number of ether oxygens (including phenoxy) is 1. The van der Waals surface area contributed by atoms with E-state index >= 15 is 0 Å². The molecule has 1 aliphatic heterocycles. The first kappa shape index (κ1) is 9.21. The summed E-state index contributed by atoms with van der Waals surface area (Å²) in [4.78, 5) is 4.20. The van der Waals surface area contributed by atoms with E-state index < -0.39 is 0 Å². The summed E-state index contributed by atoms with van der Waals surface area (Å²) < 4.78 is 5.59. The van der Waals surface area contributed by atoms with Crippen LogP contribution in [0.5, 0.6) is 11.5 Å². The van der Waals surface area contributed by atoms with E-state index in [1.807, 2.05) is 18.2 Å². The summed E-state index contributed by atoms with van der Waals surface area (Å²) in [5.74, 6) is 1.04. The lowest BCUT2D eigenvalue weighted by atomic mass is 10.0. The number of aromatic hydroxyl groups is 1. The van der Waals surface area contributed by atoms with Crippen LogP contribution in [0.2, 0.25) is 0 Å². The van der Waals surface area contributed by atoms with Gasteiger partial charge in [-0.05, 0) is 23.8 Å². The van der Waals surface area contributed by atoms with Crippen LogP contribution in [-0.4, -0.2) is 16.7 Å². The number of hydrogen-bond acceptors (Lipinski definition) is 3. The molecule has 1 aromatic heterocycles. The highest BCUT2D eigenvalue weighted by Gasteiger charge is 2.19. The van der Waals surface area contributed by atoms with Gasteiger partial charge in [0.05, 0.1) is 6.61 Å². The Bertz CT molecular complexity index is 537. The lowest BCUT2D eigenvalue weighted by Crippen LogP contribution is -1.90. The average molecular weight is 213 g/mol. The highest BCUT2D eigenvalue weighted by molar-refractivity contribution is 5.74. The largest absolute Gasteiger partial charge is 0.506 e. The summed E-state index contributed by atoms with van der Waals surface area (Å²) in [6, 6.07) is 9.29. The molecule has 80 valence electrons. The van der Waals surface area contributed by atoms with Crippen molar-refractivity contribution in [2.75, 3.05) is 6.61 Å². The number of nitrogens with zero attached hydrogens (tertiary/aromatic N) is 1. The van der Waals surface area contributed by atoms with Gasteiger partial charge in [-0.25, -0.2) is 0 Å². The van der Waals surface area contributed by atoms with Gasteiger partial charge in [0.15, 0.2) is 0 Å². The summed E-state index contributed by atoms with van der Waals surface area (Å²) in [6.45, 7) is 0.708. The van der Waals surface area contributed by atoms with Gasteiger partial charge in [-0.2, -0.15) is 0 Å². The standard InChI is InChI=1S/C13H11NO2/c15-11-5-2-7-14-12(11)10-4-1-3-9-6-8-16-13(9)10/h1-5,7,15H,6,8H2. The second-order valence-corrected chi connectivity index (χ2v) is 3.76. The topological polar surface area (TPSA) is 42.4 Å². The molecule has 16 heavy (non-hydrogen) atoms. The van der Waals surface area contributed by atoms with Gasteiger partial charge in [0, 0.05) is 18.2 Å². The van der Waals surface area contributed by atoms with Crippen molar-refractivity contribution in [1.29, 1.82) is 0 Å². The molecule has 2 aromatic rings. The van der Waals surface area contributed by atoms with Gasteiger partial charge in [0.2, 0.25) is 0 Å². The van der Waals surface area contributed by atoms with E-state index in [-0.39, 0.29) is 5.75 Å². The fourth-order valence-electron chi connectivity index (χ4n) is 2.01. The Morgan fingerprint density at radius 1 is 1.19 bits per heavy atom. The minimum atomic E-state index is 0.186. The minimum absolute atomic E-state index is 0.186. The SMILES string of the molecule is Oc1cccnc1-c1cccc2c1OCC2. The molecule has 0 radical (unpaired) electrons. The Morgan fingerprint density at radius 2 is 2.12 bits per heavy atom. The van der Waals surface area contributed by atoms with Crippen LogP contribution in [0.3, 0.4) is 0 Å². The molecule has 2 heterocycles. The van der Waals surface area contributed by atoms with Gasteiger partial charge >= 0.3 is 0 Å². The van der Waals surface area contributed by atoms with E-state index in [1.54, 1.807) is 18.3 Å². The van der Waals surface area contributed by atoms with Gasteiger partial charge in [0.25, 0.3) is 0 Å². The van der Waals surface area contributed by atoms with Crippen LogP contribution >= 0.6 is 0 Å². The first-order valence-electron chi connectivity index (χ1n) is 5.25. The van der Waals surface area contributed by atoms with Gasteiger partial charge in [-0.3, -0.25) is 4.98 Å². The third-order valence-corrected chi connectivity index (χ3v) is 2.76. The monoisotopic (exact) mass is 213 g/mol. The molecule has 3 heteroatoms. The minimum Gasteiger partial charge on any atom is -0.506 e. The Kier molecular flexibility index (Phi) is 2.03. The van der Waals surface area contributed by atoms with Crippen LogP contribution in [0.4, 0.5) is 0 Å². The Balaban J connectivity index is 2.21. The van der Waals surface area contributed by atoms with Crippen molar-refractivity contribution in [3.05, 3.63) is 42.1 Å². The van der Waals surface area contributed by atoms with Crippen LogP contribution in [0.25, 0.3) is 11.3 Å². The zero-order valence-electron chi connectivity index (χ0n) is 8.68. The second kappa shape index (κ2) is 3.52. The summed E-state index contributed by atoms with van der Waals surface area (Å²) in [5.41, 5.74) is 2.64. The van der Waals surface area contributed by atoms with Gasteiger partial charge in [0.1, 0.15) is 17.2 Å². The maximum Gasteiger partial charge on any atom is 0.141 e. The highest BCUT2D eigenvalue weighted by Crippen LogP contribution is 2.38. The summed E-state index contributed by atoms with van der Waals surface area (Å²) in [5, 5.41) is 9.78. The smallest absolute Gasteiger partial charge is 0.141 e. The van der Waals surface area contributed by atoms with E-state index in [1.165, 1.54) is 5.56 Å². The second-order valence-electron chi connectivity index (χ2n) is 3.76. The molecule has 0 spiro atoms. The molecule has 0 unspecified atom stereocenters. The summed E-state index contributed by atoms with van der Waals surface area (Å²) in [6.07, 6.45) is 2.60. The number of rotatable bonds is 1. The molecule has 0 saturated carbocycles. The highest BCUT2D eigenvalue weighted by atomic mass is 16.5. The Morgan fingerprint density at radius 3 is 3.00 bits per heavy atom. The molecule has 3 rings (SSSR count). The molecular weight excluding hydrogens is 202 g/mol. The van der Waals surface area contributed by atoms with Crippen molar-refractivity contribution >= 4 is 0 Å². The van der Waals surface area contributed by atoms with Crippen LogP contribution < -0.4 is 4.74 Å². The lowest BCUT2D eigenvalue weighted by Gasteiger charge is -2.08. The molecule has 0 aliphatic carbocycles. The van der Waals surface area contributed by atoms with Crippen molar-refractivity contribution in [1.82, 2.24) is 4.98 Å². The third kappa shape index (κ3) is 1.33. The number of aromatic nitrogens is 1. The maximum atomic E-state index is 9.78. The number of hydrogen-bond donors (Lipinski definition) is 1. The molecule has 0 atom stereocenters. The zero-order chi connectivity index (χ0) is 11.0. The number of pyridine rings is 1. The number of para-hydroxylation sites is 1. The first-order valence-corrected chi connectivity index (χ1v) is 5.25. The van der Waals surface area contributed by atoms with Gasteiger partial charge in [-0.1, -0.05) is 12.1 Å². The summed E-state index contributed by atoms with van der Waals surface area (Å²) in [7, 11) is 0. The van der Waals surface area contributed by atoms with E-state index in [9.17, 15) is 5.11 Å². The van der Waals surface area contributed by atoms with Crippen LogP contribution in [-0.2, 0) is 6.42 Å². The molecule has 0 saturated heterocycles. The average Bonchev–Trinajstić information content (AvgIpc) is 2.77. The van der Waals surface area contributed by atoms with E-state index in [2.05, 4.69) is 4.98 Å². The van der Waals surface area contributed by atoms with Crippen LogP contribution in [0, 0.1) is 0 Å². The zero-order valence-corrected chi connectivity index (χ0v) is 8.68. The molecule has 1 aliphatic rings. The van der Waals surface area contributed by atoms with E-state index in [0.717, 1.165) is 17.7 Å².